The number of nitrogens with one attached hydrogen (secondary N) is 1. The third kappa shape index (κ3) is 3.76. The van der Waals surface area contributed by atoms with Crippen molar-refractivity contribution in [2.45, 2.75) is 25.9 Å². The molecule has 124 valence electrons. The van der Waals surface area contributed by atoms with E-state index in [2.05, 4.69) is 5.32 Å². The predicted octanol–water partition coefficient (Wildman–Crippen LogP) is 2.28. The first-order chi connectivity index (χ1) is 10.6. The maximum Gasteiger partial charge on any atom is 0.325 e. The summed E-state index contributed by atoms with van der Waals surface area (Å²) in [6.07, 6.45) is 0. The van der Waals surface area contributed by atoms with Crippen LogP contribution >= 0.6 is 23.2 Å². The van der Waals surface area contributed by atoms with Gasteiger partial charge in [-0.3, -0.25) is 14.5 Å². The zero-order chi connectivity index (χ0) is 17.4. The molecule has 0 aromatic heterocycles. The number of urea groups is 1. The Hall–Kier alpha value is -1.79. The first-order valence-electron chi connectivity index (χ1n) is 6.94. The number of likely N-dealkylation sites (N-methyl/N-ethyl adjacent to an activating group) is 1. The van der Waals surface area contributed by atoms with Crippen LogP contribution in [0.5, 0.6) is 0 Å². The highest BCUT2D eigenvalue weighted by atomic mass is 35.5. The molecule has 0 atom stereocenters. The Bertz CT molecular complexity index is 676. The van der Waals surface area contributed by atoms with E-state index in [9.17, 15) is 14.4 Å². The second-order valence-electron chi connectivity index (χ2n) is 5.94. The summed E-state index contributed by atoms with van der Waals surface area (Å²) in [5.74, 6) is -0.768. The standard InChI is InChI=1S/C15H17Cl2N3O3/c1-15(2)13(22)20(14(23)18-15)8-12(21)19(3)7-9-4-5-10(16)11(17)6-9/h4-6H,7-8H2,1-3H3,(H,18,23). The highest BCUT2D eigenvalue weighted by Gasteiger charge is 2.45. The molecule has 0 radical (unpaired) electrons. The zero-order valence-corrected chi connectivity index (χ0v) is 14.5. The van der Waals surface area contributed by atoms with E-state index in [-0.39, 0.29) is 12.5 Å². The minimum absolute atomic E-state index is 0.294. The average Bonchev–Trinajstić information content (AvgIpc) is 2.64. The van der Waals surface area contributed by atoms with Gasteiger partial charge in [-0.25, -0.2) is 4.79 Å². The number of hydrogen-bond donors (Lipinski definition) is 1. The molecule has 1 aliphatic heterocycles. The van der Waals surface area contributed by atoms with Crippen LogP contribution in [-0.4, -0.2) is 46.8 Å². The third-order valence-electron chi connectivity index (χ3n) is 3.57. The zero-order valence-electron chi connectivity index (χ0n) is 13.0. The number of benzene rings is 1. The maximum atomic E-state index is 12.3. The Balaban J connectivity index is 2.01. The second-order valence-corrected chi connectivity index (χ2v) is 6.76. The largest absolute Gasteiger partial charge is 0.340 e. The van der Waals surface area contributed by atoms with Crippen LogP contribution in [0.25, 0.3) is 0 Å². The number of halogens is 2. The molecule has 1 aromatic rings. The lowest BCUT2D eigenvalue weighted by atomic mass is 10.1. The van der Waals surface area contributed by atoms with Gasteiger partial charge in [0.25, 0.3) is 5.91 Å². The number of hydrogen-bond acceptors (Lipinski definition) is 3. The van der Waals surface area contributed by atoms with Crippen molar-refractivity contribution in [1.82, 2.24) is 15.1 Å². The number of imide groups is 1. The summed E-state index contributed by atoms with van der Waals surface area (Å²) >= 11 is 11.8. The Kier molecular flexibility index (Phi) is 4.87. The van der Waals surface area contributed by atoms with Crippen molar-refractivity contribution >= 4 is 41.0 Å². The molecule has 0 unspecified atom stereocenters. The molecule has 1 N–H and O–H groups in total. The Morgan fingerprint density at radius 2 is 1.91 bits per heavy atom. The number of carbonyl (C=O) groups is 3. The number of nitrogens with zero attached hydrogens (tertiary/aromatic N) is 2. The van der Waals surface area contributed by atoms with E-state index in [1.54, 1.807) is 39.1 Å². The summed E-state index contributed by atoms with van der Waals surface area (Å²) in [6, 6.07) is 4.52. The number of rotatable bonds is 4. The monoisotopic (exact) mass is 357 g/mol. The quantitative estimate of drug-likeness (QED) is 0.840. The van der Waals surface area contributed by atoms with Crippen LogP contribution in [0.4, 0.5) is 4.79 Å². The molecule has 8 heteroatoms. The van der Waals surface area contributed by atoms with E-state index in [0.717, 1.165) is 10.5 Å². The lowest BCUT2D eigenvalue weighted by Crippen LogP contribution is -2.43. The molecule has 6 nitrogen and oxygen atoms in total. The van der Waals surface area contributed by atoms with Gasteiger partial charge < -0.3 is 10.2 Å². The Morgan fingerprint density at radius 3 is 2.43 bits per heavy atom. The lowest BCUT2D eigenvalue weighted by Gasteiger charge is -2.21. The molecule has 1 fully saturated rings. The van der Waals surface area contributed by atoms with Crippen molar-refractivity contribution in [2.75, 3.05) is 13.6 Å². The van der Waals surface area contributed by atoms with Gasteiger partial charge in [0.2, 0.25) is 5.91 Å². The van der Waals surface area contributed by atoms with Gasteiger partial charge in [0.1, 0.15) is 12.1 Å². The van der Waals surface area contributed by atoms with Gasteiger partial charge in [-0.2, -0.15) is 0 Å². The lowest BCUT2D eigenvalue weighted by molar-refractivity contribution is -0.138. The van der Waals surface area contributed by atoms with E-state index < -0.39 is 17.5 Å². The van der Waals surface area contributed by atoms with Crippen molar-refractivity contribution in [3.63, 3.8) is 0 Å². The van der Waals surface area contributed by atoms with Gasteiger partial charge in [-0.1, -0.05) is 29.3 Å². The van der Waals surface area contributed by atoms with Gasteiger partial charge in [-0.05, 0) is 31.5 Å². The predicted molar refractivity (Wildman–Crippen MR) is 87.3 cm³/mol. The minimum Gasteiger partial charge on any atom is -0.340 e. The van der Waals surface area contributed by atoms with Gasteiger partial charge in [0, 0.05) is 13.6 Å². The fourth-order valence-electron chi connectivity index (χ4n) is 2.22. The highest BCUT2D eigenvalue weighted by molar-refractivity contribution is 6.42. The summed E-state index contributed by atoms with van der Waals surface area (Å²) in [7, 11) is 1.59. The van der Waals surface area contributed by atoms with E-state index in [0.29, 0.717) is 16.6 Å². The van der Waals surface area contributed by atoms with Gasteiger partial charge in [0.05, 0.1) is 10.0 Å². The van der Waals surface area contributed by atoms with Crippen LogP contribution in [0, 0.1) is 0 Å². The molecular weight excluding hydrogens is 341 g/mol. The van der Waals surface area contributed by atoms with Crippen LogP contribution in [0.1, 0.15) is 19.4 Å². The average molecular weight is 358 g/mol. The molecule has 1 heterocycles. The van der Waals surface area contributed by atoms with Crippen LogP contribution < -0.4 is 5.32 Å². The van der Waals surface area contributed by atoms with Gasteiger partial charge in [-0.15, -0.1) is 0 Å². The van der Waals surface area contributed by atoms with E-state index >= 15 is 0 Å². The van der Waals surface area contributed by atoms with Crippen LogP contribution in [-0.2, 0) is 16.1 Å². The number of amides is 4. The van der Waals surface area contributed by atoms with Crippen LogP contribution in [0.15, 0.2) is 18.2 Å². The fourth-order valence-corrected chi connectivity index (χ4v) is 2.54. The fraction of sp³-hybridized carbons (Fsp3) is 0.400. The Labute approximate surface area is 144 Å². The van der Waals surface area contributed by atoms with Gasteiger partial charge in [0.15, 0.2) is 0 Å². The molecular formula is C15H17Cl2N3O3. The van der Waals surface area contributed by atoms with Gasteiger partial charge >= 0.3 is 6.03 Å². The van der Waals surface area contributed by atoms with Crippen molar-refractivity contribution in [3.05, 3.63) is 33.8 Å². The van der Waals surface area contributed by atoms with Crippen molar-refractivity contribution in [1.29, 1.82) is 0 Å². The topological polar surface area (TPSA) is 69.7 Å². The molecule has 0 spiro atoms. The van der Waals surface area contributed by atoms with Crippen molar-refractivity contribution < 1.29 is 14.4 Å². The number of carbonyl (C=O) groups excluding carboxylic acids is 3. The molecule has 23 heavy (non-hydrogen) atoms. The normalized spacial score (nSPS) is 16.5. The van der Waals surface area contributed by atoms with Crippen LogP contribution in [0.2, 0.25) is 10.0 Å². The summed E-state index contributed by atoms with van der Waals surface area (Å²) in [6.45, 7) is 3.18. The van der Waals surface area contributed by atoms with Crippen LogP contribution in [0.3, 0.4) is 0 Å². The minimum atomic E-state index is -0.986. The first kappa shape index (κ1) is 17.6. The molecule has 1 aromatic carbocycles. The Morgan fingerprint density at radius 1 is 1.26 bits per heavy atom. The second kappa shape index (κ2) is 6.37. The maximum absolute atomic E-state index is 12.3. The summed E-state index contributed by atoms with van der Waals surface area (Å²) in [5.41, 5.74) is -0.188. The molecule has 0 saturated carbocycles. The third-order valence-corrected chi connectivity index (χ3v) is 4.31. The summed E-state index contributed by atoms with van der Waals surface area (Å²) in [5, 5.41) is 3.37. The van der Waals surface area contributed by atoms with E-state index in [4.69, 9.17) is 23.2 Å². The summed E-state index contributed by atoms with van der Waals surface area (Å²) in [4.78, 5) is 38.5. The smallest absolute Gasteiger partial charge is 0.325 e. The SMILES string of the molecule is CN(Cc1ccc(Cl)c(Cl)c1)C(=O)CN1C(=O)NC(C)(C)C1=O. The highest BCUT2D eigenvalue weighted by Crippen LogP contribution is 2.23. The van der Waals surface area contributed by atoms with E-state index in [1.807, 2.05) is 0 Å². The summed E-state index contributed by atoms with van der Waals surface area (Å²) < 4.78 is 0. The molecule has 1 saturated heterocycles. The molecule has 1 aliphatic rings. The molecule has 2 rings (SSSR count). The van der Waals surface area contributed by atoms with E-state index in [1.165, 1.54) is 4.90 Å². The molecule has 0 bridgehead atoms. The van der Waals surface area contributed by atoms with Crippen molar-refractivity contribution in [3.8, 4) is 0 Å². The first-order valence-corrected chi connectivity index (χ1v) is 7.69. The molecule has 0 aliphatic carbocycles. The molecule has 4 amide bonds. The van der Waals surface area contributed by atoms with Crippen molar-refractivity contribution in [2.24, 2.45) is 0 Å².